The normalized spacial score (nSPS) is 16.3. The predicted molar refractivity (Wildman–Crippen MR) is 98.7 cm³/mol. The van der Waals surface area contributed by atoms with Crippen molar-refractivity contribution in [3.63, 3.8) is 0 Å². The van der Waals surface area contributed by atoms with Crippen LogP contribution in [0.25, 0.3) is 0 Å². The van der Waals surface area contributed by atoms with Crippen LogP contribution < -0.4 is 4.74 Å². The Hall–Kier alpha value is -1.90. The molecule has 0 saturated carbocycles. The van der Waals surface area contributed by atoms with Crippen LogP contribution in [-0.2, 0) is 29.5 Å². The third kappa shape index (κ3) is 4.44. The summed E-state index contributed by atoms with van der Waals surface area (Å²) in [6.07, 6.45) is 0.0332. The van der Waals surface area contributed by atoms with Crippen molar-refractivity contribution in [2.75, 3.05) is 25.7 Å². The molecule has 0 saturated heterocycles. The first kappa shape index (κ1) is 18.9. The average Bonchev–Trinajstić information content (AvgIpc) is 2.98. The van der Waals surface area contributed by atoms with E-state index in [4.69, 9.17) is 4.74 Å². The molecule has 142 valence electrons. The first-order valence-electron chi connectivity index (χ1n) is 8.53. The maximum absolute atomic E-state index is 11.4. The van der Waals surface area contributed by atoms with Gasteiger partial charge >= 0.3 is 0 Å². The van der Waals surface area contributed by atoms with E-state index in [9.17, 15) is 13.5 Å². The van der Waals surface area contributed by atoms with Crippen LogP contribution in [0.15, 0.2) is 24.3 Å². The summed E-state index contributed by atoms with van der Waals surface area (Å²) in [5, 5.41) is 14.5. The maximum atomic E-state index is 11.4. The minimum atomic E-state index is -3.25. The molecule has 1 aromatic heterocycles. The fraction of sp³-hybridized carbons (Fsp3) is 0.500. The number of hydrogen-bond acceptors (Lipinski definition) is 6. The van der Waals surface area contributed by atoms with Crippen LogP contribution in [0.2, 0.25) is 0 Å². The fourth-order valence-corrected chi connectivity index (χ4v) is 3.97. The molecular weight excluding hydrogens is 354 g/mol. The van der Waals surface area contributed by atoms with Gasteiger partial charge in [-0.2, -0.15) is 5.10 Å². The van der Waals surface area contributed by atoms with Gasteiger partial charge in [-0.15, -0.1) is 0 Å². The minimum Gasteiger partial charge on any atom is -0.497 e. The minimum absolute atomic E-state index is 0.307. The number of nitrogens with zero attached hydrogens (tertiary/aromatic N) is 3. The lowest BCUT2D eigenvalue weighted by Gasteiger charge is -2.28. The molecule has 8 heteroatoms. The number of rotatable bonds is 6. The Balaban J connectivity index is 1.70. The number of hydrogen-bond donors (Lipinski definition) is 1. The lowest BCUT2D eigenvalue weighted by molar-refractivity contribution is 0.191. The second-order valence-electron chi connectivity index (χ2n) is 6.89. The molecule has 3 rings (SSSR count). The molecule has 0 fully saturated rings. The Morgan fingerprint density at radius 2 is 2.08 bits per heavy atom. The molecule has 0 amide bonds. The van der Waals surface area contributed by atoms with E-state index in [0.29, 0.717) is 12.2 Å². The van der Waals surface area contributed by atoms with E-state index < -0.39 is 15.9 Å². The van der Waals surface area contributed by atoms with Gasteiger partial charge in [0, 0.05) is 25.9 Å². The number of ether oxygens (including phenoxy) is 1. The molecule has 7 nitrogen and oxygen atoms in total. The summed E-state index contributed by atoms with van der Waals surface area (Å²) < 4.78 is 29.9. The number of benzene rings is 1. The van der Waals surface area contributed by atoms with Gasteiger partial charge in [0.2, 0.25) is 0 Å². The summed E-state index contributed by atoms with van der Waals surface area (Å²) in [4.78, 5) is 2.32. The van der Waals surface area contributed by atoms with Crippen molar-refractivity contribution < 1.29 is 18.3 Å². The topological polar surface area (TPSA) is 84.7 Å². The molecule has 1 aromatic carbocycles. The summed E-state index contributed by atoms with van der Waals surface area (Å²) in [5.41, 5.74) is 3.85. The van der Waals surface area contributed by atoms with Crippen molar-refractivity contribution in [3.8, 4) is 5.75 Å². The second-order valence-corrected chi connectivity index (χ2v) is 9.08. The van der Waals surface area contributed by atoms with Crippen LogP contribution in [0.1, 0.15) is 28.6 Å². The van der Waals surface area contributed by atoms with E-state index >= 15 is 0 Å². The van der Waals surface area contributed by atoms with E-state index in [1.54, 1.807) is 7.11 Å². The highest BCUT2D eigenvalue weighted by Crippen LogP contribution is 2.23. The highest BCUT2D eigenvalue weighted by Gasteiger charge is 2.23. The van der Waals surface area contributed by atoms with Crippen molar-refractivity contribution in [1.82, 2.24) is 14.7 Å². The summed E-state index contributed by atoms with van der Waals surface area (Å²) >= 11 is 0. The summed E-state index contributed by atoms with van der Waals surface area (Å²) in [7, 11) is -1.59. The van der Waals surface area contributed by atoms with Crippen molar-refractivity contribution in [2.45, 2.75) is 32.7 Å². The van der Waals surface area contributed by atoms with Crippen LogP contribution in [0.4, 0.5) is 0 Å². The smallest absolute Gasteiger partial charge is 0.150 e. The van der Waals surface area contributed by atoms with Gasteiger partial charge in [0.1, 0.15) is 21.7 Å². The molecule has 1 aliphatic rings. The first-order valence-corrected chi connectivity index (χ1v) is 10.6. The van der Waals surface area contributed by atoms with E-state index in [2.05, 4.69) is 23.0 Å². The monoisotopic (exact) mass is 379 g/mol. The molecule has 0 radical (unpaired) electrons. The number of aromatic nitrogens is 2. The molecule has 1 unspecified atom stereocenters. The van der Waals surface area contributed by atoms with Gasteiger partial charge < -0.3 is 9.84 Å². The Labute approximate surface area is 154 Å². The van der Waals surface area contributed by atoms with Gasteiger partial charge in [0.05, 0.1) is 30.8 Å². The van der Waals surface area contributed by atoms with Crippen LogP contribution in [-0.4, -0.2) is 53.9 Å². The first-order chi connectivity index (χ1) is 12.2. The third-order valence-corrected chi connectivity index (χ3v) is 5.56. The number of aliphatic hydroxyl groups is 1. The molecule has 2 heterocycles. The fourth-order valence-electron chi connectivity index (χ4n) is 3.23. The molecule has 0 spiro atoms. The molecule has 2 aromatic rings. The Morgan fingerprint density at radius 3 is 2.73 bits per heavy atom. The standard InChI is InChI=1S/C18H25N3O4S/c1-13-8-16(25-2)5-4-14(13)10-20-6-7-21-15(11-20)9-17(19-21)18(22)12-26(3,23)24/h4-5,8-9,18,22H,6-7,10-12H2,1-3H3. The van der Waals surface area contributed by atoms with E-state index in [1.165, 1.54) is 11.1 Å². The molecular formula is C18H25N3O4S. The molecule has 1 atom stereocenters. The highest BCUT2D eigenvalue weighted by molar-refractivity contribution is 7.90. The third-order valence-electron chi connectivity index (χ3n) is 4.64. The van der Waals surface area contributed by atoms with Gasteiger partial charge in [-0.1, -0.05) is 6.07 Å². The lowest BCUT2D eigenvalue weighted by Crippen LogP contribution is -2.33. The van der Waals surface area contributed by atoms with Crippen LogP contribution in [0.5, 0.6) is 5.75 Å². The molecule has 0 bridgehead atoms. The zero-order chi connectivity index (χ0) is 18.9. The SMILES string of the molecule is COc1ccc(CN2CCn3nc(C(O)CS(C)(=O)=O)cc3C2)c(C)c1. The van der Waals surface area contributed by atoms with Gasteiger partial charge in [0.25, 0.3) is 0 Å². The number of aryl methyl sites for hydroxylation is 1. The van der Waals surface area contributed by atoms with E-state index in [1.807, 2.05) is 22.9 Å². The van der Waals surface area contributed by atoms with Crippen molar-refractivity contribution in [3.05, 3.63) is 46.8 Å². The predicted octanol–water partition coefficient (Wildman–Crippen LogP) is 1.29. The van der Waals surface area contributed by atoms with Gasteiger partial charge in [0.15, 0.2) is 0 Å². The zero-order valence-corrected chi connectivity index (χ0v) is 16.2. The number of methoxy groups -OCH3 is 1. The van der Waals surface area contributed by atoms with Gasteiger partial charge in [-0.3, -0.25) is 9.58 Å². The Kier molecular flexibility index (Phi) is 5.36. The summed E-state index contributed by atoms with van der Waals surface area (Å²) in [6, 6.07) is 7.89. The highest BCUT2D eigenvalue weighted by atomic mass is 32.2. The van der Waals surface area contributed by atoms with Gasteiger partial charge in [-0.05, 0) is 36.2 Å². The lowest BCUT2D eigenvalue weighted by atomic mass is 10.1. The maximum Gasteiger partial charge on any atom is 0.150 e. The largest absolute Gasteiger partial charge is 0.497 e. The molecule has 26 heavy (non-hydrogen) atoms. The Morgan fingerprint density at radius 1 is 1.31 bits per heavy atom. The van der Waals surface area contributed by atoms with E-state index in [0.717, 1.165) is 37.3 Å². The van der Waals surface area contributed by atoms with Gasteiger partial charge in [-0.25, -0.2) is 8.42 Å². The molecule has 0 aliphatic carbocycles. The van der Waals surface area contributed by atoms with Crippen molar-refractivity contribution in [1.29, 1.82) is 0 Å². The molecule has 1 N–H and O–H groups in total. The van der Waals surface area contributed by atoms with Crippen molar-refractivity contribution >= 4 is 9.84 Å². The quantitative estimate of drug-likeness (QED) is 0.814. The van der Waals surface area contributed by atoms with Crippen molar-refractivity contribution in [2.24, 2.45) is 0 Å². The molecule has 1 aliphatic heterocycles. The summed E-state index contributed by atoms with van der Waals surface area (Å²) in [6.45, 7) is 5.18. The van der Waals surface area contributed by atoms with E-state index in [-0.39, 0.29) is 5.75 Å². The zero-order valence-electron chi connectivity index (χ0n) is 15.3. The van der Waals surface area contributed by atoms with Crippen LogP contribution in [0, 0.1) is 6.92 Å². The number of sulfone groups is 1. The Bertz CT molecular complexity index is 892. The number of aliphatic hydroxyl groups excluding tert-OH is 1. The number of fused-ring (bicyclic) bond motifs is 1. The average molecular weight is 379 g/mol. The van der Waals surface area contributed by atoms with Crippen LogP contribution in [0.3, 0.4) is 0 Å². The second kappa shape index (κ2) is 7.38. The summed E-state index contributed by atoms with van der Waals surface area (Å²) in [5.74, 6) is 0.547. The van der Waals surface area contributed by atoms with Crippen LogP contribution >= 0.6 is 0 Å².